The van der Waals surface area contributed by atoms with Gasteiger partial charge in [0.25, 0.3) is 0 Å². The summed E-state index contributed by atoms with van der Waals surface area (Å²) < 4.78 is 0. The van der Waals surface area contributed by atoms with Crippen LogP contribution in [0.3, 0.4) is 0 Å². The molecule has 0 unspecified atom stereocenters. The SMILES string of the molecule is Nc1cc(C(=O)O)c(-c2ccccc2)c(-c2ccccc2)c1C(=O)O.[H-].[Na+]. The van der Waals surface area contributed by atoms with Gasteiger partial charge in [0.05, 0.1) is 11.1 Å². The molecule has 3 rings (SSSR count). The first-order chi connectivity index (χ1) is 12.0. The molecule has 0 fully saturated rings. The van der Waals surface area contributed by atoms with Crippen molar-refractivity contribution in [1.82, 2.24) is 0 Å². The Bertz CT molecular complexity index is 963. The van der Waals surface area contributed by atoms with Gasteiger partial charge in [-0.15, -0.1) is 0 Å². The Morgan fingerprint density at radius 1 is 0.769 bits per heavy atom. The molecule has 26 heavy (non-hydrogen) atoms. The number of nitrogen functional groups attached to an aromatic ring is 1. The molecule has 0 atom stereocenters. The zero-order valence-corrected chi connectivity index (χ0v) is 16.1. The molecule has 0 amide bonds. The second-order valence-electron chi connectivity index (χ2n) is 5.48. The molecule has 6 heteroatoms. The van der Waals surface area contributed by atoms with E-state index in [0.717, 1.165) is 0 Å². The zero-order chi connectivity index (χ0) is 18.0. The van der Waals surface area contributed by atoms with E-state index in [1.54, 1.807) is 54.6 Å². The monoisotopic (exact) mass is 357 g/mol. The van der Waals surface area contributed by atoms with Crippen LogP contribution in [-0.2, 0) is 0 Å². The maximum atomic E-state index is 11.9. The fourth-order valence-corrected chi connectivity index (χ4v) is 2.90. The molecule has 0 radical (unpaired) electrons. The summed E-state index contributed by atoms with van der Waals surface area (Å²) in [6, 6.07) is 18.8. The van der Waals surface area contributed by atoms with E-state index in [1.165, 1.54) is 6.07 Å². The van der Waals surface area contributed by atoms with Crippen LogP contribution in [0.4, 0.5) is 5.69 Å². The maximum Gasteiger partial charge on any atom is 1.00 e. The van der Waals surface area contributed by atoms with Gasteiger partial charge >= 0.3 is 41.5 Å². The van der Waals surface area contributed by atoms with Gasteiger partial charge in [-0.3, -0.25) is 0 Å². The predicted octanol–water partition coefficient (Wildman–Crippen LogP) is 1.12. The topological polar surface area (TPSA) is 101 Å². The van der Waals surface area contributed by atoms with Crippen molar-refractivity contribution < 1.29 is 50.8 Å². The number of carboxylic acid groups (broad SMARTS) is 2. The summed E-state index contributed by atoms with van der Waals surface area (Å²) in [5.74, 6) is -2.37. The van der Waals surface area contributed by atoms with Crippen molar-refractivity contribution in [3.63, 3.8) is 0 Å². The zero-order valence-electron chi connectivity index (χ0n) is 15.1. The number of aromatic carboxylic acids is 2. The summed E-state index contributed by atoms with van der Waals surface area (Å²) in [4.78, 5) is 23.7. The summed E-state index contributed by atoms with van der Waals surface area (Å²) in [5.41, 5.74) is 7.53. The summed E-state index contributed by atoms with van der Waals surface area (Å²) in [6.45, 7) is 0. The van der Waals surface area contributed by atoms with Crippen LogP contribution >= 0.6 is 0 Å². The average Bonchev–Trinajstić information content (AvgIpc) is 2.61. The van der Waals surface area contributed by atoms with Crippen LogP contribution in [0.2, 0.25) is 0 Å². The Morgan fingerprint density at radius 3 is 1.65 bits per heavy atom. The van der Waals surface area contributed by atoms with E-state index in [4.69, 9.17) is 5.73 Å². The van der Waals surface area contributed by atoms with Crippen molar-refractivity contribution in [1.29, 1.82) is 0 Å². The molecular weight excluding hydrogens is 341 g/mol. The number of hydrogen-bond acceptors (Lipinski definition) is 3. The van der Waals surface area contributed by atoms with Gasteiger partial charge in [-0.2, -0.15) is 0 Å². The maximum absolute atomic E-state index is 11.9. The van der Waals surface area contributed by atoms with Gasteiger partial charge in [-0.05, 0) is 17.2 Å². The van der Waals surface area contributed by atoms with E-state index >= 15 is 0 Å². The molecule has 5 nitrogen and oxygen atoms in total. The summed E-state index contributed by atoms with van der Waals surface area (Å²) in [7, 11) is 0. The van der Waals surface area contributed by atoms with E-state index in [-0.39, 0.29) is 47.8 Å². The molecule has 0 heterocycles. The first kappa shape index (κ1) is 19.7. The van der Waals surface area contributed by atoms with Gasteiger partial charge in [-0.25, -0.2) is 9.59 Å². The molecule has 0 spiro atoms. The Kier molecular flexibility index (Phi) is 6.21. The third-order valence-corrected chi connectivity index (χ3v) is 3.93. The molecule has 0 bridgehead atoms. The molecule has 0 aliphatic heterocycles. The van der Waals surface area contributed by atoms with Crippen LogP contribution in [0.1, 0.15) is 22.1 Å². The number of anilines is 1. The van der Waals surface area contributed by atoms with Crippen molar-refractivity contribution >= 4 is 17.6 Å². The van der Waals surface area contributed by atoms with E-state index < -0.39 is 11.9 Å². The van der Waals surface area contributed by atoms with Crippen LogP contribution < -0.4 is 35.3 Å². The molecule has 3 aromatic rings. The van der Waals surface area contributed by atoms with Crippen molar-refractivity contribution in [2.45, 2.75) is 0 Å². The quantitative estimate of drug-likeness (QED) is 0.480. The molecule has 0 aliphatic rings. The molecule has 126 valence electrons. The standard InChI is InChI=1S/C20H15NO4.Na.H/c21-15-11-14(19(22)23)16(12-7-3-1-4-8-12)17(18(15)20(24)25)13-9-5-2-6-10-13;;/h1-11H,21H2,(H,22,23)(H,24,25);;/q;+1;-1. The second-order valence-corrected chi connectivity index (χ2v) is 5.48. The largest absolute Gasteiger partial charge is 1.00 e. The molecule has 4 N–H and O–H groups in total. The summed E-state index contributed by atoms with van der Waals surface area (Å²) in [6.07, 6.45) is 0. The van der Waals surface area contributed by atoms with E-state index in [9.17, 15) is 19.8 Å². The normalized spacial score (nSPS) is 10.0. The average molecular weight is 357 g/mol. The van der Waals surface area contributed by atoms with Gasteiger partial charge < -0.3 is 17.4 Å². The van der Waals surface area contributed by atoms with Gasteiger partial charge in [0.15, 0.2) is 0 Å². The van der Waals surface area contributed by atoms with Crippen LogP contribution in [0.5, 0.6) is 0 Å². The van der Waals surface area contributed by atoms with E-state index in [0.29, 0.717) is 22.3 Å². The molecule has 3 aromatic carbocycles. The van der Waals surface area contributed by atoms with Crippen LogP contribution in [0.25, 0.3) is 22.3 Å². The minimum atomic E-state index is -1.20. The number of hydrogen-bond donors (Lipinski definition) is 3. The first-order valence-corrected chi connectivity index (χ1v) is 7.54. The Hall–Kier alpha value is -2.60. The summed E-state index contributed by atoms with van der Waals surface area (Å²) in [5, 5.41) is 19.3. The Balaban J connectivity index is 0.00000182. The molecule has 0 saturated heterocycles. The molecule has 0 aliphatic carbocycles. The van der Waals surface area contributed by atoms with Gasteiger partial charge in [0.2, 0.25) is 0 Å². The van der Waals surface area contributed by atoms with Crippen LogP contribution in [0.15, 0.2) is 66.7 Å². The second kappa shape index (κ2) is 8.19. The van der Waals surface area contributed by atoms with E-state index in [2.05, 4.69) is 0 Å². The van der Waals surface area contributed by atoms with Crippen LogP contribution in [0, 0.1) is 0 Å². The number of carbonyl (C=O) groups is 2. The molecule has 0 saturated carbocycles. The number of rotatable bonds is 4. The number of nitrogens with two attached hydrogens (primary N) is 1. The van der Waals surface area contributed by atoms with Crippen molar-refractivity contribution in [3.05, 3.63) is 77.9 Å². The predicted molar refractivity (Wildman–Crippen MR) is 96.8 cm³/mol. The van der Waals surface area contributed by atoms with Crippen molar-refractivity contribution in [2.75, 3.05) is 5.73 Å². The van der Waals surface area contributed by atoms with E-state index in [1.807, 2.05) is 6.07 Å². The number of carboxylic acids is 2. The van der Waals surface area contributed by atoms with Gasteiger partial charge in [0.1, 0.15) is 0 Å². The molecular formula is C20H16NNaO4. The Morgan fingerprint density at radius 2 is 1.23 bits per heavy atom. The van der Waals surface area contributed by atoms with Crippen molar-refractivity contribution in [3.8, 4) is 22.3 Å². The van der Waals surface area contributed by atoms with Gasteiger partial charge in [-0.1, -0.05) is 60.7 Å². The number of benzene rings is 3. The Labute approximate surface area is 173 Å². The van der Waals surface area contributed by atoms with Crippen molar-refractivity contribution in [2.24, 2.45) is 0 Å². The fraction of sp³-hybridized carbons (Fsp3) is 0. The van der Waals surface area contributed by atoms with Crippen LogP contribution in [-0.4, -0.2) is 22.2 Å². The minimum Gasteiger partial charge on any atom is -1.00 e. The minimum absolute atomic E-state index is 0. The van der Waals surface area contributed by atoms with Gasteiger partial charge in [0, 0.05) is 16.8 Å². The smallest absolute Gasteiger partial charge is 1.00 e. The molecule has 0 aromatic heterocycles. The first-order valence-electron chi connectivity index (χ1n) is 7.54. The third-order valence-electron chi connectivity index (χ3n) is 3.93. The third kappa shape index (κ3) is 3.65. The fourth-order valence-electron chi connectivity index (χ4n) is 2.90. The summed E-state index contributed by atoms with van der Waals surface area (Å²) >= 11 is 0.